The molecule has 0 aliphatic carbocycles. The number of aryl methyl sites for hydroxylation is 1. The van der Waals surface area contributed by atoms with Crippen LogP contribution in [-0.4, -0.2) is 35.9 Å². The third-order valence-corrected chi connectivity index (χ3v) is 5.41. The minimum Gasteiger partial charge on any atom is -0.381 e. The highest BCUT2D eigenvalue weighted by atomic mass is 32.2. The summed E-state index contributed by atoms with van der Waals surface area (Å²) < 4.78 is 67.7. The molecule has 2 heterocycles. The normalized spacial score (nSPS) is 12.5. The lowest BCUT2D eigenvalue weighted by molar-refractivity contribution is -0.139. The van der Waals surface area contributed by atoms with E-state index in [4.69, 9.17) is 0 Å². The van der Waals surface area contributed by atoms with Gasteiger partial charge in [0, 0.05) is 11.1 Å². The highest BCUT2D eigenvalue weighted by molar-refractivity contribution is 7.90. The summed E-state index contributed by atoms with van der Waals surface area (Å²) >= 11 is 1.09. The van der Waals surface area contributed by atoms with E-state index in [1.807, 2.05) is 5.32 Å². The SMILES string of the molecule is Cc1cc(NC(=O)C(C)(C)O)c(C(F)(F)F)c(S(=O)(=O)NC(=O)c2ccsc2)n1. The second-order valence-electron chi connectivity index (χ2n) is 6.45. The van der Waals surface area contributed by atoms with Crippen LogP contribution < -0.4 is 10.0 Å². The first-order valence-electron chi connectivity index (χ1n) is 7.85. The number of nitrogens with one attached hydrogen (secondary N) is 2. The second-order valence-corrected chi connectivity index (χ2v) is 8.83. The number of aliphatic hydroxyl groups is 1. The lowest BCUT2D eigenvalue weighted by atomic mass is 10.1. The van der Waals surface area contributed by atoms with E-state index < -0.39 is 49.9 Å². The van der Waals surface area contributed by atoms with Crippen LogP contribution in [0, 0.1) is 6.92 Å². The largest absolute Gasteiger partial charge is 0.421 e. The molecule has 3 N–H and O–H groups in total. The number of alkyl halides is 3. The van der Waals surface area contributed by atoms with Gasteiger partial charge < -0.3 is 10.4 Å². The smallest absolute Gasteiger partial charge is 0.381 e. The standard InChI is InChI=1S/C16H16F3N3O5S2/c1-8-6-10(21-14(24)15(2,3)25)11(16(17,18)19)13(20-8)29(26,27)22-12(23)9-4-5-28-7-9/h4-7,25H,1-3H3,(H,22,23)(H,20,21,24). The molecular weight excluding hydrogens is 435 g/mol. The van der Waals surface area contributed by atoms with Gasteiger partial charge in [-0.2, -0.15) is 32.9 Å². The van der Waals surface area contributed by atoms with Crippen LogP contribution in [-0.2, 0) is 21.0 Å². The number of nitrogens with zero attached hydrogens (tertiary/aromatic N) is 1. The Hall–Kier alpha value is -2.51. The second kappa shape index (κ2) is 7.72. The molecule has 2 amide bonds. The summed E-state index contributed by atoms with van der Waals surface area (Å²) in [7, 11) is -5.06. The summed E-state index contributed by atoms with van der Waals surface area (Å²) in [6.07, 6.45) is -5.25. The summed E-state index contributed by atoms with van der Waals surface area (Å²) in [6, 6.07) is 2.10. The Morgan fingerprint density at radius 1 is 1.24 bits per heavy atom. The third-order valence-electron chi connectivity index (χ3n) is 3.47. The topological polar surface area (TPSA) is 125 Å². The van der Waals surface area contributed by atoms with Gasteiger partial charge in [-0.25, -0.2) is 9.71 Å². The molecule has 0 aliphatic heterocycles. The van der Waals surface area contributed by atoms with Crippen molar-refractivity contribution in [1.82, 2.24) is 9.71 Å². The van der Waals surface area contributed by atoms with Gasteiger partial charge in [-0.1, -0.05) is 0 Å². The van der Waals surface area contributed by atoms with E-state index in [0.717, 1.165) is 31.3 Å². The number of carbonyl (C=O) groups is 2. The van der Waals surface area contributed by atoms with Crippen LogP contribution in [0.2, 0.25) is 0 Å². The van der Waals surface area contributed by atoms with Crippen molar-refractivity contribution in [1.29, 1.82) is 0 Å². The fraction of sp³-hybridized carbons (Fsp3) is 0.312. The van der Waals surface area contributed by atoms with Crippen molar-refractivity contribution in [3.05, 3.63) is 39.7 Å². The van der Waals surface area contributed by atoms with E-state index in [9.17, 15) is 36.3 Å². The number of hydrogen-bond donors (Lipinski definition) is 3. The molecule has 13 heteroatoms. The first-order valence-corrected chi connectivity index (χ1v) is 10.3. The highest BCUT2D eigenvalue weighted by Gasteiger charge is 2.43. The summed E-state index contributed by atoms with van der Waals surface area (Å²) in [4.78, 5) is 27.4. The van der Waals surface area contributed by atoms with Gasteiger partial charge >= 0.3 is 6.18 Å². The van der Waals surface area contributed by atoms with E-state index in [-0.39, 0.29) is 11.3 Å². The fourth-order valence-corrected chi connectivity index (χ4v) is 3.96. The van der Waals surface area contributed by atoms with Crippen molar-refractivity contribution >= 4 is 38.9 Å². The maximum atomic E-state index is 13.7. The molecule has 8 nitrogen and oxygen atoms in total. The zero-order valence-corrected chi connectivity index (χ0v) is 16.9. The van der Waals surface area contributed by atoms with Gasteiger partial charge in [0.1, 0.15) is 11.2 Å². The maximum Gasteiger partial charge on any atom is 0.421 e. The number of carbonyl (C=O) groups excluding carboxylic acids is 2. The highest BCUT2D eigenvalue weighted by Crippen LogP contribution is 2.39. The van der Waals surface area contributed by atoms with Crippen LogP contribution in [0.4, 0.5) is 18.9 Å². The molecule has 0 saturated carbocycles. The molecule has 0 spiro atoms. The molecule has 158 valence electrons. The molecule has 0 aromatic carbocycles. The van der Waals surface area contributed by atoms with Crippen LogP contribution in [0.1, 0.15) is 35.5 Å². The zero-order chi connectivity index (χ0) is 22.2. The first-order chi connectivity index (χ1) is 13.1. The van der Waals surface area contributed by atoms with E-state index in [1.54, 1.807) is 4.72 Å². The molecule has 2 aromatic rings. The molecular formula is C16H16F3N3O5S2. The van der Waals surface area contributed by atoms with Gasteiger partial charge in [-0.15, -0.1) is 0 Å². The summed E-state index contributed by atoms with van der Waals surface area (Å²) in [5.41, 5.74) is -4.96. The first kappa shape index (κ1) is 22.8. The van der Waals surface area contributed by atoms with Crippen molar-refractivity contribution in [3.8, 4) is 0 Å². The number of pyridine rings is 1. The van der Waals surface area contributed by atoms with Crippen molar-refractivity contribution in [2.24, 2.45) is 0 Å². The van der Waals surface area contributed by atoms with Gasteiger partial charge in [-0.05, 0) is 38.3 Å². The van der Waals surface area contributed by atoms with Gasteiger partial charge in [0.25, 0.3) is 21.8 Å². The number of halogens is 3. The molecule has 29 heavy (non-hydrogen) atoms. The summed E-state index contributed by atoms with van der Waals surface area (Å²) in [5.74, 6) is -2.33. The number of sulfonamides is 1. The average Bonchev–Trinajstić information content (AvgIpc) is 3.06. The van der Waals surface area contributed by atoms with Crippen LogP contribution in [0.15, 0.2) is 27.9 Å². The molecule has 0 radical (unpaired) electrons. The minimum atomic E-state index is -5.25. The Bertz CT molecular complexity index is 1040. The summed E-state index contributed by atoms with van der Waals surface area (Å²) in [6.45, 7) is 3.30. The molecule has 0 aliphatic rings. The Morgan fingerprint density at radius 3 is 2.34 bits per heavy atom. The number of anilines is 1. The third kappa shape index (κ3) is 5.31. The number of amides is 2. The number of thiophene rings is 1. The van der Waals surface area contributed by atoms with Crippen LogP contribution >= 0.6 is 11.3 Å². The van der Waals surface area contributed by atoms with Crippen molar-refractivity contribution in [3.63, 3.8) is 0 Å². The number of hydrogen-bond acceptors (Lipinski definition) is 7. The van der Waals surface area contributed by atoms with Gasteiger partial charge in [0.2, 0.25) is 0 Å². The van der Waals surface area contributed by atoms with Crippen LogP contribution in [0.25, 0.3) is 0 Å². The molecule has 0 fully saturated rings. The molecule has 2 rings (SSSR count). The van der Waals surface area contributed by atoms with Crippen molar-refractivity contribution in [2.75, 3.05) is 5.32 Å². The average molecular weight is 451 g/mol. The molecule has 0 bridgehead atoms. The van der Waals surface area contributed by atoms with Crippen LogP contribution in [0.5, 0.6) is 0 Å². The molecule has 0 atom stereocenters. The van der Waals surface area contributed by atoms with Crippen LogP contribution in [0.3, 0.4) is 0 Å². The molecule has 2 aromatic heterocycles. The fourth-order valence-electron chi connectivity index (χ4n) is 2.11. The number of aromatic nitrogens is 1. The minimum absolute atomic E-state index is 0.0599. The Balaban J connectivity index is 2.61. The van der Waals surface area contributed by atoms with E-state index in [1.165, 1.54) is 23.8 Å². The summed E-state index contributed by atoms with van der Waals surface area (Å²) in [5, 5.41) is 12.9. The monoisotopic (exact) mass is 451 g/mol. The molecule has 0 saturated heterocycles. The lowest BCUT2D eigenvalue weighted by Crippen LogP contribution is -2.38. The van der Waals surface area contributed by atoms with E-state index in [2.05, 4.69) is 4.98 Å². The number of rotatable bonds is 5. The van der Waals surface area contributed by atoms with Gasteiger partial charge in [0.05, 0.1) is 11.3 Å². The molecule has 0 unspecified atom stereocenters. The van der Waals surface area contributed by atoms with E-state index in [0.29, 0.717) is 0 Å². The predicted molar refractivity (Wildman–Crippen MR) is 97.9 cm³/mol. The lowest BCUT2D eigenvalue weighted by Gasteiger charge is -2.21. The van der Waals surface area contributed by atoms with E-state index >= 15 is 0 Å². The zero-order valence-electron chi connectivity index (χ0n) is 15.3. The maximum absolute atomic E-state index is 13.7. The Labute approximate surface area is 167 Å². The Kier molecular flexibility index (Phi) is 6.07. The van der Waals surface area contributed by atoms with Gasteiger partial charge in [0.15, 0.2) is 5.03 Å². The van der Waals surface area contributed by atoms with Crippen molar-refractivity contribution < 1.29 is 36.3 Å². The quantitative estimate of drug-likeness (QED) is 0.641. The Morgan fingerprint density at radius 2 is 1.86 bits per heavy atom. The van der Waals surface area contributed by atoms with Crippen molar-refractivity contribution in [2.45, 2.75) is 37.6 Å². The van der Waals surface area contributed by atoms with Gasteiger partial charge in [-0.3, -0.25) is 9.59 Å². The predicted octanol–water partition coefficient (Wildman–Crippen LogP) is 2.30.